The van der Waals surface area contributed by atoms with Gasteiger partial charge in [0.25, 0.3) is 0 Å². The van der Waals surface area contributed by atoms with Crippen LogP contribution in [0.3, 0.4) is 0 Å². The smallest absolute Gasteiger partial charge is 0.314 e. The zero-order valence-electron chi connectivity index (χ0n) is 10.0. The van der Waals surface area contributed by atoms with Gasteiger partial charge < -0.3 is 15.2 Å². The van der Waals surface area contributed by atoms with Crippen molar-refractivity contribution in [1.82, 2.24) is 20.8 Å². The molecule has 0 aliphatic rings. The molecule has 0 bridgehead atoms. The summed E-state index contributed by atoms with van der Waals surface area (Å²) in [5, 5.41) is 8.88. The molecule has 0 atom stereocenters. The van der Waals surface area contributed by atoms with E-state index in [9.17, 15) is 4.79 Å². The maximum atomic E-state index is 11.0. The molecule has 0 saturated heterocycles. The monoisotopic (exact) mass is 246 g/mol. The van der Waals surface area contributed by atoms with Crippen LogP contribution in [-0.4, -0.2) is 23.2 Å². The van der Waals surface area contributed by atoms with Crippen molar-refractivity contribution >= 4 is 6.03 Å². The Morgan fingerprint density at radius 3 is 2.83 bits per heavy atom. The third kappa shape index (κ3) is 3.31. The molecular formula is C12H14N4O2. The molecule has 0 aliphatic carbocycles. The number of hydrogen-bond acceptors (Lipinski definition) is 4. The zero-order valence-corrected chi connectivity index (χ0v) is 10.0. The molecule has 2 aromatic rings. The Morgan fingerprint density at radius 2 is 2.11 bits per heavy atom. The Morgan fingerprint density at radius 1 is 1.33 bits per heavy atom. The summed E-state index contributed by atoms with van der Waals surface area (Å²) in [4.78, 5) is 15.2. The minimum atomic E-state index is -0.280. The summed E-state index contributed by atoms with van der Waals surface area (Å²) in [7, 11) is 1.55. The van der Waals surface area contributed by atoms with Crippen molar-refractivity contribution in [2.45, 2.75) is 13.0 Å². The van der Waals surface area contributed by atoms with Crippen LogP contribution in [0.1, 0.15) is 17.3 Å². The average Bonchev–Trinajstić information content (AvgIpc) is 2.85. The molecule has 6 heteroatoms. The molecule has 6 nitrogen and oxygen atoms in total. The Kier molecular flexibility index (Phi) is 3.90. The number of aromatic nitrogens is 2. The molecule has 0 radical (unpaired) electrons. The highest BCUT2D eigenvalue weighted by atomic mass is 16.5. The summed E-state index contributed by atoms with van der Waals surface area (Å²) in [6, 6.07) is 9.60. The number of amides is 2. The Bertz CT molecular complexity index is 510. The normalized spacial score (nSPS) is 10.1. The predicted molar refractivity (Wildman–Crippen MR) is 64.8 cm³/mol. The topological polar surface area (TPSA) is 80.0 Å². The number of urea groups is 1. The molecule has 2 N–H and O–H groups in total. The second kappa shape index (κ2) is 5.81. The van der Waals surface area contributed by atoms with Crippen molar-refractivity contribution in [3.8, 4) is 0 Å². The second-order valence-electron chi connectivity index (χ2n) is 3.70. The Balaban J connectivity index is 1.92. The molecule has 1 aromatic carbocycles. The first kappa shape index (κ1) is 12.1. The molecule has 2 amide bonds. The fourth-order valence-corrected chi connectivity index (χ4v) is 1.46. The van der Waals surface area contributed by atoms with Gasteiger partial charge in [-0.2, -0.15) is 4.98 Å². The Labute approximate surface area is 104 Å². The van der Waals surface area contributed by atoms with Gasteiger partial charge in [0.05, 0.1) is 6.54 Å². The molecule has 18 heavy (non-hydrogen) atoms. The third-order valence-corrected chi connectivity index (χ3v) is 2.34. The van der Waals surface area contributed by atoms with Crippen LogP contribution in [0, 0.1) is 0 Å². The van der Waals surface area contributed by atoms with E-state index in [2.05, 4.69) is 20.8 Å². The summed E-state index contributed by atoms with van der Waals surface area (Å²) in [6.07, 6.45) is 0.615. The van der Waals surface area contributed by atoms with Crippen LogP contribution in [0.15, 0.2) is 34.9 Å². The van der Waals surface area contributed by atoms with Gasteiger partial charge in [-0.15, -0.1) is 0 Å². The van der Waals surface area contributed by atoms with Crippen LogP contribution < -0.4 is 10.6 Å². The fraction of sp³-hybridized carbons (Fsp3) is 0.250. The lowest BCUT2D eigenvalue weighted by Gasteiger charge is -1.98. The lowest BCUT2D eigenvalue weighted by molar-refractivity contribution is 0.240. The standard InChI is InChI=1S/C12H14N4O2/c1-13-12(17)14-8-11-15-10(16-18-11)7-9-5-3-2-4-6-9/h2-6H,7-8H2,1H3,(H2,13,14,17). The van der Waals surface area contributed by atoms with Crippen molar-refractivity contribution in [3.05, 3.63) is 47.6 Å². The summed E-state index contributed by atoms with van der Waals surface area (Å²) in [5.41, 5.74) is 1.11. The first-order valence-corrected chi connectivity index (χ1v) is 5.59. The highest BCUT2D eigenvalue weighted by molar-refractivity contribution is 5.73. The van der Waals surface area contributed by atoms with E-state index < -0.39 is 0 Å². The van der Waals surface area contributed by atoms with Crippen molar-refractivity contribution in [1.29, 1.82) is 0 Å². The minimum absolute atomic E-state index is 0.224. The van der Waals surface area contributed by atoms with Crippen molar-refractivity contribution in [2.24, 2.45) is 0 Å². The number of carbonyl (C=O) groups excluding carboxylic acids is 1. The molecule has 1 heterocycles. The maximum Gasteiger partial charge on any atom is 0.314 e. The number of rotatable bonds is 4. The lowest BCUT2D eigenvalue weighted by Crippen LogP contribution is -2.32. The van der Waals surface area contributed by atoms with E-state index in [0.717, 1.165) is 5.56 Å². The van der Waals surface area contributed by atoms with E-state index in [0.29, 0.717) is 18.1 Å². The van der Waals surface area contributed by atoms with Gasteiger partial charge in [-0.1, -0.05) is 35.5 Å². The van der Waals surface area contributed by atoms with Crippen LogP contribution in [-0.2, 0) is 13.0 Å². The Hall–Kier alpha value is -2.37. The van der Waals surface area contributed by atoms with Crippen LogP contribution in [0.2, 0.25) is 0 Å². The minimum Gasteiger partial charge on any atom is -0.341 e. The zero-order chi connectivity index (χ0) is 12.8. The third-order valence-electron chi connectivity index (χ3n) is 2.34. The number of benzene rings is 1. The van der Waals surface area contributed by atoms with E-state index in [1.165, 1.54) is 0 Å². The lowest BCUT2D eigenvalue weighted by atomic mass is 10.1. The number of nitrogens with one attached hydrogen (secondary N) is 2. The first-order chi connectivity index (χ1) is 8.78. The quantitative estimate of drug-likeness (QED) is 0.846. The average molecular weight is 246 g/mol. The number of carbonyl (C=O) groups is 1. The highest BCUT2D eigenvalue weighted by Crippen LogP contribution is 2.06. The van der Waals surface area contributed by atoms with Crippen LogP contribution in [0.25, 0.3) is 0 Å². The number of hydrogen-bond donors (Lipinski definition) is 2. The van der Waals surface area contributed by atoms with Crippen LogP contribution >= 0.6 is 0 Å². The van der Waals surface area contributed by atoms with Crippen molar-refractivity contribution in [2.75, 3.05) is 7.05 Å². The van der Waals surface area contributed by atoms with Gasteiger partial charge in [0.2, 0.25) is 5.89 Å². The van der Waals surface area contributed by atoms with E-state index in [-0.39, 0.29) is 12.6 Å². The van der Waals surface area contributed by atoms with Crippen molar-refractivity contribution in [3.63, 3.8) is 0 Å². The first-order valence-electron chi connectivity index (χ1n) is 5.59. The summed E-state index contributed by atoms with van der Waals surface area (Å²) < 4.78 is 5.03. The SMILES string of the molecule is CNC(=O)NCc1nc(Cc2ccccc2)no1. The van der Waals surface area contributed by atoms with Gasteiger partial charge in [0.1, 0.15) is 0 Å². The van der Waals surface area contributed by atoms with Crippen LogP contribution in [0.5, 0.6) is 0 Å². The largest absolute Gasteiger partial charge is 0.341 e. The molecule has 1 aromatic heterocycles. The van der Waals surface area contributed by atoms with Crippen molar-refractivity contribution < 1.29 is 9.32 Å². The highest BCUT2D eigenvalue weighted by Gasteiger charge is 2.07. The molecule has 0 spiro atoms. The van der Waals surface area contributed by atoms with E-state index in [1.807, 2.05) is 30.3 Å². The predicted octanol–water partition coefficient (Wildman–Crippen LogP) is 1.09. The van der Waals surface area contributed by atoms with E-state index >= 15 is 0 Å². The molecule has 2 rings (SSSR count). The molecule has 0 saturated carbocycles. The molecule has 94 valence electrons. The molecule has 0 aliphatic heterocycles. The number of nitrogens with zero attached hydrogens (tertiary/aromatic N) is 2. The van der Waals surface area contributed by atoms with E-state index in [1.54, 1.807) is 7.05 Å². The fourth-order valence-electron chi connectivity index (χ4n) is 1.46. The summed E-state index contributed by atoms with van der Waals surface area (Å²) >= 11 is 0. The van der Waals surface area contributed by atoms with Gasteiger partial charge in [0.15, 0.2) is 5.82 Å². The molecule has 0 unspecified atom stereocenters. The molecular weight excluding hydrogens is 232 g/mol. The van der Waals surface area contributed by atoms with Crippen LogP contribution in [0.4, 0.5) is 4.79 Å². The van der Waals surface area contributed by atoms with Gasteiger partial charge in [-0.25, -0.2) is 4.79 Å². The maximum absolute atomic E-state index is 11.0. The van der Waals surface area contributed by atoms with Gasteiger partial charge in [-0.05, 0) is 5.56 Å². The van der Waals surface area contributed by atoms with Gasteiger partial charge >= 0.3 is 6.03 Å². The van der Waals surface area contributed by atoms with Gasteiger partial charge in [0, 0.05) is 13.5 Å². The summed E-state index contributed by atoms with van der Waals surface area (Å²) in [6.45, 7) is 0.224. The molecule has 0 fully saturated rings. The summed E-state index contributed by atoms with van der Waals surface area (Å²) in [5.74, 6) is 0.999. The second-order valence-corrected chi connectivity index (χ2v) is 3.70. The van der Waals surface area contributed by atoms with E-state index in [4.69, 9.17) is 4.52 Å². The van der Waals surface area contributed by atoms with Gasteiger partial charge in [-0.3, -0.25) is 0 Å².